The van der Waals surface area contributed by atoms with Crippen molar-refractivity contribution in [1.29, 1.82) is 0 Å². The quantitative estimate of drug-likeness (QED) is 0.276. The monoisotopic (exact) mass is 568 g/mol. The van der Waals surface area contributed by atoms with Crippen LogP contribution in [0.2, 0.25) is 0 Å². The Balaban J connectivity index is 0.00000306. The fourth-order valence-electron chi connectivity index (χ4n) is 4.11. The molecule has 2 aromatic carbocycles. The predicted octanol–water partition coefficient (Wildman–Crippen LogP) is 3.55. The van der Waals surface area contributed by atoms with E-state index >= 15 is 0 Å². The second-order valence-electron chi connectivity index (χ2n) is 8.49. The lowest BCUT2D eigenvalue weighted by molar-refractivity contribution is 0.0322. The van der Waals surface area contributed by atoms with Gasteiger partial charge in [-0.25, -0.2) is 4.39 Å². The summed E-state index contributed by atoms with van der Waals surface area (Å²) in [5.41, 5.74) is 1.79. The SMILES string of the molecule is CN=C(NCc1cccc(OCCN2CCOCC2)c1)NCC1(c2ccccc2F)CC1.I. The Morgan fingerprint density at radius 2 is 1.91 bits per heavy atom. The number of halogens is 2. The van der Waals surface area contributed by atoms with Crippen LogP contribution in [0.25, 0.3) is 0 Å². The maximum Gasteiger partial charge on any atom is 0.191 e. The number of morpholine rings is 1. The lowest BCUT2D eigenvalue weighted by atomic mass is 9.95. The van der Waals surface area contributed by atoms with Gasteiger partial charge in [0.05, 0.1) is 13.2 Å². The Hall–Kier alpha value is -1.91. The molecule has 1 aliphatic carbocycles. The van der Waals surface area contributed by atoms with Crippen molar-refractivity contribution in [2.45, 2.75) is 24.8 Å². The van der Waals surface area contributed by atoms with Crippen LogP contribution in [0.3, 0.4) is 0 Å². The zero-order chi connectivity index (χ0) is 22.2. The lowest BCUT2D eigenvalue weighted by Gasteiger charge is -2.26. The highest BCUT2D eigenvalue weighted by atomic mass is 127. The van der Waals surface area contributed by atoms with E-state index in [0.717, 1.165) is 62.6 Å². The maximum absolute atomic E-state index is 14.2. The van der Waals surface area contributed by atoms with Crippen LogP contribution < -0.4 is 15.4 Å². The number of hydrogen-bond acceptors (Lipinski definition) is 4. The summed E-state index contributed by atoms with van der Waals surface area (Å²) in [6.45, 7) is 6.42. The van der Waals surface area contributed by atoms with Crippen LogP contribution >= 0.6 is 24.0 Å². The lowest BCUT2D eigenvalue weighted by Crippen LogP contribution is -2.41. The Bertz CT molecular complexity index is 917. The first-order chi connectivity index (χ1) is 15.7. The molecule has 2 aliphatic rings. The minimum Gasteiger partial charge on any atom is -0.492 e. The summed E-state index contributed by atoms with van der Waals surface area (Å²) in [6.07, 6.45) is 1.98. The summed E-state index contributed by atoms with van der Waals surface area (Å²) in [5.74, 6) is 1.46. The minimum atomic E-state index is -0.128. The van der Waals surface area contributed by atoms with Crippen molar-refractivity contribution in [1.82, 2.24) is 15.5 Å². The number of guanidine groups is 1. The Morgan fingerprint density at radius 3 is 2.64 bits per heavy atom. The molecule has 2 fully saturated rings. The topological polar surface area (TPSA) is 58.1 Å². The van der Waals surface area contributed by atoms with Gasteiger partial charge in [-0.3, -0.25) is 9.89 Å². The molecule has 0 spiro atoms. The van der Waals surface area contributed by atoms with Gasteiger partial charge < -0.3 is 20.1 Å². The molecular weight excluding hydrogens is 534 g/mol. The number of nitrogens with one attached hydrogen (secondary N) is 2. The van der Waals surface area contributed by atoms with Crippen molar-refractivity contribution in [3.63, 3.8) is 0 Å². The van der Waals surface area contributed by atoms with Crippen LogP contribution in [-0.2, 0) is 16.7 Å². The van der Waals surface area contributed by atoms with E-state index in [1.807, 2.05) is 24.3 Å². The van der Waals surface area contributed by atoms with Crippen molar-refractivity contribution >= 4 is 29.9 Å². The fraction of sp³-hybridized carbons (Fsp3) is 0.480. The third-order valence-electron chi connectivity index (χ3n) is 6.25. The summed E-state index contributed by atoms with van der Waals surface area (Å²) < 4.78 is 25.6. The van der Waals surface area contributed by atoms with Gasteiger partial charge in [-0.1, -0.05) is 30.3 Å². The van der Waals surface area contributed by atoms with Crippen LogP contribution in [-0.4, -0.2) is 63.9 Å². The van der Waals surface area contributed by atoms with Crippen LogP contribution in [0, 0.1) is 5.82 Å². The van der Waals surface area contributed by atoms with Gasteiger partial charge in [-0.2, -0.15) is 0 Å². The van der Waals surface area contributed by atoms with Crippen molar-refractivity contribution in [3.05, 3.63) is 65.5 Å². The van der Waals surface area contributed by atoms with Crippen molar-refractivity contribution in [3.8, 4) is 5.75 Å². The van der Waals surface area contributed by atoms with E-state index in [2.05, 4.69) is 32.7 Å². The third-order valence-corrected chi connectivity index (χ3v) is 6.25. The summed E-state index contributed by atoms with van der Waals surface area (Å²) in [4.78, 5) is 6.69. The molecule has 1 aliphatic heterocycles. The van der Waals surface area contributed by atoms with Crippen molar-refractivity contribution in [2.75, 3.05) is 53.0 Å². The van der Waals surface area contributed by atoms with Gasteiger partial charge in [0.25, 0.3) is 0 Å². The fourth-order valence-corrected chi connectivity index (χ4v) is 4.11. The summed E-state index contributed by atoms with van der Waals surface area (Å²) in [6, 6.07) is 15.2. The highest BCUT2D eigenvalue weighted by Crippen LogP contribution is 2.48. The summed E-state index contributed by atoms with van der Waals surface area (Å²) in [7, 11) is 1.75. The second kappa shape index (κ2) is 12.5. The number of nitrogens with zero attached hydrogens (tertiary/aromatic N) is 2. The van der Waals surface area contributed by atoms with Gasteiger partial charge in [0, 0.05) is 45.2 Å². The van der Waals surface area contributed by atoms with E-state index in [0.29, 0.717) is 25.7 Å². The Labute approximate surface area is 213 Å². The van der Waals surface area contributed by atoms with E-state index in [-0.39, 0.29) is 35.2 Å². The molecule has 2 aromatic rings. The van der Waals surface area contributed by atoms with Gasteiger partial charge in [0.15, 0.2) is 5.96 Å². The molecule has 8 heteroatoms. The molecule has 2 N–H and O–H groups in total. The number of hydrogen-bond donors (Lipinski definition) is 2. The standard InChI is InChI=1S/C25H33FN4O2.HI/c1-27-24(29-19-25(9-10-25)22-7-2-3-8-23(22)26)28-18-20-5-4-6-21(17-20)32-16-13-30-11-14-31-15-12-30;/h2-8,17H,9-16,18-19H2,1H3,(H2,27,28,29);1H. The molecule has 1 heterocycles. The zero-order valence-electron chi connectivity index (χ0n) is 19.2. The van der Waals surface area contributed by atoms with E-state index in [4.69, 9.17) is 9.47 Å². The number of aliphatic imine (C=N–C) groups is 1. The number of benzene rings is 2. The summed E-state index contributed by atoms with van der Waals surface area (Å²) in [5, 5.41) is 6.73. The minimum absolute atomic E-state index is 0. The smallest absolute Gasteiger partial charge is 0.191 e. The zero-order valence-corrected chi connectivity index (χ0v) is 21.5. The molecule has 1 saturated heterocycles. The van der Waals surface area contributed by atoms with E-state index < -0.39 is 0 Å². The molecule has 180 valence electrons. The summed E-state index contributed by atoms with van der Waals surface area (Å²) >= 11 is 0. The van der Waals surface area contributed by atoms with Crippen LogP contribution in [0.15, 0.2) is 53.5 Å². The Kier molecular flexibility index (Phi) is 9.76. The Morgan fingerprint density at radius 1 is 1.12 bits per heavy atom. The largest absolute Gasteiger partial charge is 0.492 e. The van der Waals surface area contributed by atoms with Gasteiger partial charge in [-0.15, -0.1) is 24.0 Å². The molecule has 4 rings (SSSR count). The number of rotatable bonds is 9. The molecule has 0 atom stereocenters. The third kappa shape index (κ3) is 7.28. The number of ether oxygens (including phenoxy) is 2. The van der Waals surface area contributed by atoms with E-state index in [1.165, 1.54) is 0 Å². The molecule has 0 radical (unpaired) electrons. The van der Waals surface area contributed by atoms with Crippen LogP contribution in [0.5, 0.6) is 5.75 Å². The molecule has 33 heavy (non-hydrogen) atoms. The average molecular weight is 568 g/mol. The highest BCUT2D eigenvalue weighted by Gasteiger charge is 2.45. The normalized spacial score (nSPS) is 17.7. The molecule has 0 amide bonds. The van der Waals surface area contributed by atoms with Gasteiger partial charge >= 0.3 is 0 Å². The van der Waals surface area contributed by atoms with Crippen LogP contribution in [0.1, 0.15) is 24.0 Å². The first-order valence-electron chi connectivity index (χ1n) is 11.4. The molecule has 0 unspecified atom stereocenters. The van der Waals surface area contributed by atoms with E-state index in [1.54, 1.807) is 19.2 Å². The first-order valence-corrected chi connectivity index (χ1v) is 11.4. The molecular formula is C25H34FIN4O2. The van der Waals surface area contributed by atoms with Gasteiger partial charge in [-0.05, 0) is 42.2 Å². The van der Waals surface area contributed by atoms with Crippen molar-refractivity contribution in [2.24, 2.45) is 4.99 Å². The van der Waals surface area contributed by atoms with Gasteiger partial charge in [0.2, 0.25) is 0 Å². The predicted molar refractivity (Wildman–Crippen MR) is 140 cm³/mol. The average Bonchev–Trinajstić information content (AvgIpc) is 3.61. The maximum atomic E-state index is 14.2. The highest BCUT2D eigenvalue weighted by molar-refractivity contribution is 14.0. The molecule has 0 bridgehead atoms. The van der Waals surface area contributed by atoms with Crippen molar-refractivity contribution < 1.29 is 13.9 Å². The van der Waals surface area contributed by atoms with Gasteiger partial charge in [0.1, 0.15) is 18.2 Å². The molecule has 1 saturated carbocycles. The first kappa shape index (κ1) is 25.7. The molecule has 0 aromatic heterocycles. The van der Waals surface area contributed by atoms with E-state index in [9.17, 15) is 4.39 Å². The molecule has 6 nitrogen and oxygen atoms in total. The van der Waals surface area contributed by atoms with Crippen LogP contribution in [0.4, 0.5) is 4.39 Å². The second-order valence-corrected chi connectivity index (χ2v) is 8.49.